The highest BCUT2D eigenvalue weighted by molar-refractivity contribution is 5.89. The minimum Gasteiger partial charge on any atom is -0.392 e. The third-order valence-electron chi connectivity index (χ3n) is 6.23. The van der Waals surface area contributed by atoms with E-state index in [0.717, 1.165) is 25.4 Å². The van der Waals surface area contributed by atoms with Gasteiger partial charge in [0.1, 0.15) is 5.54 Å². The molecule has 2 aliphatic carbocycles. The van der Waals surface area contributed by atoms with E-state index in [1.165, 1.54) is 44.9 Å². The van der Waals surface area contributed by atoms with E-state index in [1.807, 2.05) is 0 Å². The maximum Gasteiger partial charge on any atom is 0.243 e. The van der Waals surface area contributed by atoms with Gasteiger partial charge in [0.25, 0.3) is 0 Å². The normalized spacial score (nSPS) is 38.8. The second kappa shape index (κ2) is 5.24. The number of carbonyl (C=O) groups is 1. The molecule has 2 saturated carbocycles. The van der Waals surface area contributed by atoms with Gasteiger partial charge in [0.15, 0.2) is 0 Å². The summed E-state index contributed by atoms with van der Waals surface area (Å²) in [5.74, 6) is 1.12. The van der Waals surface area contributed by atoms with Gasteiger partial charge in [-0.15, -0.1) is 0 Å². The first-order valence-corrected chi connectivity index (χ1v) is 8.93. The molecule has 2 aliphatic heterocycles. The lowest BCUT2D eigenvalue weighted by molar-refractivity contribution is -0.139. The van der Waals surface area contributed by atoms with E-state index < -0.39 is 0 Å². The van der Waals surface area contributed by atoms with Crippen LogP contribution in [0.15, 0.2) is 0 Å². The van der Waals surface area contributed by atoms with Crippen LogP contribution in [0.5, 0.6) is 0 Å². The van der Waals surface area contributed by atoms with Gasteiger partial charge in [0.05, 0.1) is 6.10 Å². The Morgan fingerprint density at radius 3 is 2.62 bits per heavy atom. The standard InChI is InChI=1S/C17H28N2O2/c20-15-10-17(18(12-15)11-13-6-7-13)8-9-19(16(17)21)14-4-2-1-3-5-14/h13-15,20H,1-12H2. The summed E-state index contributed by atoms with van der Waals surface area (Å²) >= 11 is 0. The third kappa shape index (κ3) is 2.40. The molecule has 2 unspecified atom stereocenters. The Morgan fingerprint density at radius 2 is 1.90 bits per heavy atom. The average molecular weight is 292 g/mol. The second-order valence-corrected chi connectivity index (χ2v) is 7.78. The summed E-state index contributed by atoms with van der Waals surface area (Å²) in [5, 5.41) is 10.2. The van der Waals surface area contributed by atoms with Crippen molar-refractivity contribution in [3.05, 3.63) is 0 Å². The van der Waals surface area contributed by atoms with Gasteiger partial charge in [0, 0.05) is 32.1 Å². The lowest BCUT2D eigenvalue weighted by Gasteiger charge is -2.36. The molecular formula is C17H28N2O2. The molecule has 4 nitrogen and oxygen atoms in total. The van der Waals surface area contributed by atoms with Crippen molar-refractivity contribution >= 4 is 5.91 Å². The molecule has 2 atom stereocenters. The Hall–Kier alpha value is -0.610. The van der Waals surface area contributed by atoms with Crippen molar-refractivity contribution in [3.8, 4) is 0 Å². The van der Waals surface area contributed by atoms with Crippen LogP contribution in [0.3, 0.4) is 0 Å². The number of hydrogen-bond donors (Lipinski definition) is 1. The number of likely N-dealkylation sites (tertiary alicyclic amines) is 2. The van der Waals surface area contributed by atoms with Gasteiger partial charge in [-0.25, -0.2) is 0 Å². The van der Waals surface area contributed by atoms with Crippen LogP contribution in [0.1, 0.15) is 57.8 Å². The molecule has 21 heavy (non-hydrogen) atoms. The molecule has 0 aromatic heterocycles. The number of hydrogen-bond acceptors (Lipinski definition) is 3. The number of nitrogens with zero attached hydrogens (tertiary/aromatic N) is 2. The van der Waals surface area contributed by atoms with Crippen molar-refractivity contribution in [2.45, 2.75) is 75.5 Å². The molecular weight excluding hydrogens is 264 g/mol. The van der Waals surface area contributed by atoms with E-state index >= 15 is 0 Å². The van der Waals surface area contributed by atoms with Gasteiger partial charge in [-0.3, -0.25) is 9.69 Å². The van der Waals surface area contributed by atoms with Gasteiger partial charge in [-0.1, -0.05) is 19.3 Å². The van der Waals surface area contributed by atoms with Crippen molar-refractivity contribution < 1.29 is 9.90 Å². The summed E-state index contributed by atoms with van der Waals surface area (Å²) in [5.41, 5.74) is -0.348. The van der Waals surface area contributed by atoms with Crippen molar-refractivity contribution in [1.29, 1.82) is 0 Å². The highest BCUT2D eigenvalue weighted by Gasteiger charge is 2.57. The highest BCUT2D eigenvalue weighted by Crippen LogP contribution is 2.43. The molecule has 1 N–H and O–H groups in total. The number of rotatable bonds is 3. The first-order valence-electron chi connectivity index (χ1n) is 8.93. The Kier molecular flexibility index (Phi) is 3.49. The first kappa shape index (κ1) is 14.0. The molecule has 4 aliphatic rings. The van der Waals surface area contributed by atoms with Gasteiger partial charge in [0.2, 0.25) is 5.91 Å². The fourth-order valence-electron chi connectivity index (χ4n) is 4.88. The zero-order chi connectivity index (χ0) is 14.4. The van der Waals surface area contributed by atoms with E-state index in [4.69, 9.17) is 0 Å². The number of amides is 1. The van der Waals surface area contributed by atoms with Crippen LogP contribution in [0, 0.1) is 5.92 Å². The summed E-state index contributed by atoms with van der Waals surface area (Å²) in [6, 6.07) is 0.478. The van der Waals surface area contributed by atoms with Crippen LogP contribution in [0.4, 0.5) is 0 Å². The van der Waals surface area contributed by atoms with Gasteiger partial charge >= 0.3 is 0 Å². The molecule has 4 fully saturated rings. The van der Waals surface area contributed by atoms with Gasteiger partial charge in [-0.2, -0.15) is 0 Å². The Bertz CT molecular complexity index is 417. The quantitative estimate of drug-likeness (QED) is 0.862. The summed E-state index contributed by atoms with van der Waals surface area (Å²) in [4.78, 5) is 17.7. The zero-order valence-corrected chi connectivity index (χ0v) is 13.0. The average Bonchev–Trinajstić information content (AvgIpc) is 3.17. The Labute approximate surface area is 127 Å². The van der Waals surface area contributed by atoms with Crippen molar-refractivity contribution in [2.24, 2.45) is 5.92 Å². The van der Waals surface area contributed by atoms with E-state index in [0.29, 0.717) is 24.9 Å². The predicted octanol–water partition coefficient (Wildman–Crippen LogP) is 1.77. The predicted molar refractivity (Wildman–Crippen MR) is 80.9 cm³/mol. The van der Waals surface area contributed by atoms with Crippen LogP contribution in [-0.2, 0) is 4.79 Å². The molecule has 0 aromatic rings. The summed E-state index contributed by atoms with van der Waals surface area (Å²) in [7, 11) is 0. The summed E-state index contributed by atoms with van der Waals surface area (Å²) in [6.07, 6.45) is 10.2. The summed E-state index contributed by atoms with van der Waals surface area (Å²) < 4.78 is 0. The van der Waals surface area contributed by atoms with E-state index in [9.17, 15) is 9.90 Å². The lowest BCUT2D eigenvalue weighted by atomic mass is 9.92. The third-order valence-corrected chi connectivity index (χ3v) is 6.23. The number of β-amino-alcohol motifs (C(OH)–C–C–N with tert-alkyl or cyclic N) is 1. The Balaban J connectivity index is 1.51. The Morgan fingerprint density at radius 1 is 1.14 bits per heavy atom. The monoisotopic (exact) mass is 292 g/mol. The minimum atomic E-state index is -0.348. The maximum atomic E-state index is 13.2. The lowest BCUT2D eigenvalue weighted by Crippen LogP contribution is -2.52. The van der Waals surface area contributed by atoms with Crippen LogP contribution in [0.25, 0.3) is 0 Å². The first-order chi connectivity index (χ1) is 10.2. The highest BCUT2D eigenvalue weighted by atomic mass is 16.3. The topological polar surface area (TPSA) is 43.8 Å². The minimum absolute atomic E-state index is 0.306. The molecule has 0 bridgehead atoms. The molecule has 0 radical (unpaired) electrons. The number of aliphatic hydroxyl groups excluding tert-OH is 1. The SMILES string of the molecule is O=C1N(C2CCCCC2)CCC12CC(O)CN2CC1CC1. The molecule has 1 amide bonds. The fourth-order valence-corrected chi connectivity index (χ4v) is 4.88. The van der Waals surface area contributed by atoms with Crippen LogP contribution in [0.2, 0.25) is 0 Å². The van der Waals surface area contributed by atoms with Crippen LogP contribution in [-0.4, -0.2) is 58.1 Å². The van der Waals surface area contributed by atoms with E-state index in [2.05, 4.69) is 9.80 Å². The van der Waals surface area contributed by atoms with Crippen LogP contribution < -0.4 is 0 Å². The molecule has 2 saturated heterocycles. The fraction of sp³-hybridized carbons (Fsp3) is 0.941. The number of carbonyl (C=O) groups excluding carboxylic acids is 1. The molecule has 4 heteroatoms. The van der Waals surface area contributed by atoms with E-state index in [-0.39, 0.29) is 11.6 Å². The smallest absolute Gasteiger partial charge is 0.243 e. The molecule has 1 spiro atoms. The molecule has 2 heterocycles. The van der Waals surface area contributed by atoms with Gasteiger partial charge < -0.3 is 10.0 Å². The maximum absolute atomic E-state index is 13.2. The zero-order valence-electron chi connectivity index (χ0n) is 13.0. The van der Waals surface area contributed by atoms with Crippen molar-refractivity contribution in [2.75, 3.05) is 19.6 Å². The van der Waals surface area contributed by atoms with Crippen LogP contribution >= 0.6 is 0 Å². The van der Waals surface area contributed by atoms with E-state index in [1.54, 1.807) is 0 Å². The summed E-state index contributed by atoms with van der Waals surface area (Å²) in [6.45, 7) is 2.65. The molecule has 0 aromatic carbocycles. The molecule has 4 rings (SSSR count). The largest absolute Gasteiger partial charge is 0.392 e. The number of aliphatic hydroxyl groups is 1. The van der Waals surface area contributed by atoms with Crippen molar-refractivity contribution in [1.82, 2.24) is 9.80 Å². The second-order valence-electron chi connectivity index (χ2n) is 7.78. The van der Waals surface area contributed by atoms with Gasteiger partial charge in [-0.05, 0) is 38.0 Å². The van der Waals surface area contributed by atoms with Crippen molar-refractivity contribution in [3.63, 3.8) is 0 Å². The molecule has 118 valence electrons.